The van der Waals surface area contributed by atoms with Gasteiger partial charge in [0.05, 0.1) is 5.75 Å². The average molecular weight is 258 g/mol. The van der Waals surface area contributed by atoms with E-state index in [1.54, 1.807) is 19.1 Å². The minimum absolute atomic E-state index is 0.237. The second kappa shape index (κ2) is 4.55. The molecule has 0 aromatic heterocycles. The van der Waals surface area contributed by atoms with Crippen LogP contribution in [0.5, 0.6) is 0 Å². The molecule has 1 atom stereocenters. The Balaban J connectivity index is 1.90. The Morgan fingerprint density at radius 3 is 2.75 bits per heavy atom. The van der Waals surface area contributed by atoms with Gasteiger partial charge in [0, 0.05) is 11.8 Å². The maximum absolute atomic E-state index is 12.7. The molecule has 0 amide bonds. The van der Waals surface area contributed by atoms with Gasteiger partial charge in [0.2, 0.25) is 5.90 Å². The predicted octanol–water partition coefficient (Wildman–Crippen LogP) is 2.45. The number of ether oxygens (including phenoxy) is 1. The van der Waals surface area contributed by atoms with Gasteiger partial charge in [-0.1, -0.05) is 0 Å². The van der Waals surface area contributed by atoms with Crippen LogP contribution in [-0.2, 0) is 4.74 Å². The van der Waals surface area contributed by atoms with Crippen molar-refractivity contribution in [1.82, 2.24) is 5.43 Å². The molecule has 1 heterocycles. The molecule has 6 heteroatoms. The van der Waals surface area contributed by atoms with Gasteiger partial charge in [0.1, 0.15) is 5.82 Å². The Labute approximate surface area is 103 Å². The number of nitrogens with zero attached hydrogens (tertiary/aromatic N) is 1. The zero-order valence-corrected chi connectivity index (χ0v) is 10.3. The Bertz CT molecular complexity index is 410. The first-order valence-corrected chi connectivity index (χ1v) is 6.12. The van der Waals surface area contributed by atoms with E-state index >= 15 is 0 Å². The summed E-state index contributed by atoms with van der Waals surface area (Å²) in [4.78, 5) is 0.963. The van der Waals surface area contributed by atoms with E-state index in [1.165, 1.54) is 23.9 Å². The van der Waals surface area contributed by atoms with E-state index in [1.807, 2.05) is 0 Å². The zero-order valence-electron chi connectivity index (χ0n) is 8.61. The minimum Gasteiger partial charge on any atom is -0.442 e. The molecule has 0 fully saturated rings. The van der Waals surface area contributed by atoms with E-state index < -0.39 is 5.06 Å². The second-order valence-electron chi connectivity index (χ2n) is 3.37. The first-order valence-electron chi connectivity index (χ1n) is 4.69. The molecule has 0 radical (unpaired) electrons. The molecule has 1 aromatic rings. The van der Waals surface area contributed by atoms with Crippen molar-refractivity contribution in [3.63, 3.8) is 0 Å². The second-order valence-corrected chi connectivity index (χ2v) is 5.14. The van der Waals surface area contributed by atoms with Gasteiger partial charge < -0.3 is 4.74 Å². The van der Waals surface area contributed by atoms with Crippen LogP contribution in [0.3, 0.4) is 0 Å². The van der Waals surface area contributed by atoms with Gasteiger partial charge in [-0.05, 0) is 24.3 Å². The molecule has 0 bridgehead atoms. The molecular formula is C10H11FN2OS2. The van der Waals surface area contributed by atoms with Crippen LogP contribution in [0.4, 0.5) is 4.39 Å². The fraction of sp³-hybridized carbons (Fsp3) is 0.300. The van der Waals surface area contributed by atoms with Crippen molar-refractivity contribution in [2.24, 2.45) is 5.10 Å². The number of nitrogens with one attached hydrogen (secondary N) is 1. The van der Waals surface area contributed by atoms with Crippen molar-refractivity contribution in [3.05, 3.63) is 30.1 Å². The third kappa shape index (κ3) is 2.82. The lowest BCUT2D eigenvalue weighted by Crippen LogP contribution is -2.37. The van der Waals surface area contributed by atoms with Crippen LogP contribution >= 0.6 is 24.4 Å². The quantitative estimate of drug-likeness (QED) is 0.645. The molecule has 3 nitrogen and oxygen atoms in total. The molecular weight excluding hydrogens is 247 g/mol. The highest BCUT2D eigenvalue weighted by Crippen LogP contribution is 2.28. The van der Waals surface area contributed by atoms with Crippen molar-refractivity contribution < 1.29 is 9.13 Å². The van der Waals surface area contributed by atoms with Gasteiger partial charge in [-0.2, -0.15) is 0 Å². The average Bonchev–Trinajstić information content (AvgIpc) is 2.59. The van der Waals surface area contributed by atoms with Crippen molar-refractivity contribution in [2.45, 2.75) is 16.9 Å². The van der Waals surface area contributed by atoms with Gasteiger partial charge in [-0.3, -0.25) is 5.43 Å². The van der Waals surface area contributed by atoms with Crippen LogP contribution in [0.15, 0.2) is 34.3 Å². The fourth-order valence-corrected chi connectivity index (χ4v) is 2.42. The molecule has 1 aromatic carbocycles. The SMILES string of the molecule is CC1=NNC(S)(CSc2ccc(F)cc2)O1. The lowest BCUT2D eigenvalue weighted by molar-refractivity contribution is 0.176. The summed E-state index contributed by atoms with van der Waals surface area (Å²) >= 11 is 5.87. The number of halogens is 1. The molecule has 1 unspecified atom stereocenters. The highest BCUT2D eigenvalue weighted by atomic mass is 32.2. The third-order valence-electron chi connectivity index (χ3n) is 1.95. The maximum atomic E-state index is 12.7. The number of hydrogen-bond acceptors (Lipinski definition) is 5. The summed E-state index contributed by atoms with van der Waals surface area (Å²) in [6.45, 7) is 1.76. The molecule has 1 aliphatic rings. The first-order chi connectivity index (χ1) is 7.57. The van der Waals surface area contributed by atoms with Crippen LogP contribution in [-0.4, -0.2) is 16.7 Å². The van der Waals surface area contributed by atoms with Gasteiger partial charge in [-0.25, -0.2) is 4.39 Å². The normalized spacial score (nSPS) is 23.6. The van der Waals surface area contributed by atoms with Gasteiger partial charge in [0.25, 0.3) is 5.06 Å². The molecule has 86 valence electrons. The number of thiol groups is 1. The van der Waals surface area contributed by atoms with Crippen LogP contribution in [0.2, 0.25) is 0 Å². The molecule has 0 saturated heterocycles. The summed E-state index contributed by atoms with van der Waals surface area (Å²) in [7, 11) is 0. The molecule has 0 aliphatic carbocycles. The number of benzene rings is 1. The van der Waals surface area contributed by atoms with E-state index in [0.717, 1.165) is 4.90 Å². The van der Waals surface area contributed by atoms with Gasteiger partial charge >= 0.3 is 0 Å². The summed E-state index contributed by atoms with van der Waals surface area (Å²) in [5.74, 6) is 0.900. The lowest BCUT2D eigenvalue weighted by Gasteiger charge is -2.21. The summed E-state index contributed by atoms with van der Waals surface area (Å²) in [5, 5.41) is 3.14. The van der Waals surface area contributed by atoms with E-state index in [2.05, 4.69) is 23.2 Å². The topological polar surface area (TPSA) is 33.6 Å². The van der Waals surface area contributed by atoms with E-state index in [0.29, 0.717) is 11.7 Å². The van der Waals surface area contributed by atoms with E-state index in [4.69, 9.17) is 4.74 Å². The molecule has 0 spiro atoms. The molecule has 1 N–H and O–H groups in total. The summed E-state index contributed by atoms with van der Waals surface area (Å²) < 4.78 is 18.1. The summed E-state index contributed by atoms with van der Waals surface area (Å²) in [6.07, 6.45) is 0. The molecule has 0 saturated carbocycles. The lowest BCUT2D eigenvalue weighted by atomic mass is 10.4. The largest absolute Gasteiger partial charge is 0.442 e. The van der Waals surface area contributed by atoms with Crippen molar-refractivity contribution in [2.75, 3.05) is 5.75 Å². The maximum Gasteiger partial charge on any atom is 0.251 e. The molecule has 1 aliphatic heterocycles. The van der Waals surface area contributed by atoms with Crippen LogP contribution in [0.1, 0.15) is 6.92 Å². The smallest absolute Gasteiger partial charge is 0.251 e. The summed E-state index contributed by atoms with van der Waals surface area (Å²) in [6, 6.07) is 6.30. The first kappa shape index (κ1) is 11.6. The van der Waals surface area contributed by atoms with Gasteiger partial charge in [-0.15, -0.1) is 29.5 Å². The Hall–Kier alpha value is -0.880. The standard InChI is InChI=1S/C10H11FN2OS2/c1-7-12-13-10(15,14-7)6-16-9-4-2-8(11)3-5-9/h2-5,13,15H,6H2,1H3. The highest BCUT2D eigenvalue weighted by molar-refractivity contribution is 8.00. The molecule has 16 heavy (non-hydrogen) atoms. The highest BCUT2D eigenvalue weighted by Gasteiger charge is 2.32. The summed E-state index contributed by atoms with van der Waals surface area (Å²) in [5.41, 5.74) is 2.80. The number of rotatable bonds is 3. The monoisotopic (exact) mass is 258 g/mol. The van der Waals surface area contributed by atoms with Crippen molar-refractivity contribution in [1.29, 1.82) is 0 Å². The Kier molecular flexibility index (Phi) is 3.30. The van der Waals surface area contributed by atoms with Crippen molar-refractivity contribution >= 4 is 30.3 Å². The van der Waals surface area contributed by atoms with E-state index in [9.17, 15) is 4.39 Å². The fourth-order valence-electron chi connectivity index (χ4n) is 1.23. The van der Waals surface area contributed by atoms with Crippen LogP contribution < -0.4 is 5.43 Å². The number of hydrazone groups is 1. The zero-order chi connectivity index (χ0) is 11.6. The predicted molar refractivity (Wildman–Crippen MR) is 66.2 cm³/mol. The van der Waals surface area contributed by atoms with E-state index in [-0.39, 0.29) is 5.82 Å². The third-order valence-corrected chi connectivity index (χ3v) is 3.67. The van der Waals surface area contributed by atoms with Crippen LogP contribution in [0.25, 0.3) is 0 Å². The van der Waals surface area contributed by atoms with Crippen molar-refractivity contribution in [3.8, 4) is 0 Å². The van der Waals surface area contributed by atoms with Crippen LogP contribution in [0, 0.1) is 5.82 Å². The number of hydrogen-bond donors (Lipinski definition) is 2. The van der Waals surface area contributed by atoms with Gasteiger partial charge in [0.15, 0.2) is 0 Å². The minimum atomic E-state index is -0.775. The Morgan fingerprint density at radius 2 is 2.19 bits per heavy atom. The number of thioether (sulfide) groups is 1. The Morgan fingerprint density at radius 1 is 1.50 bits per heavy atom. The molecule has 2 rings (SSSR count).